The quantitative estimate of drug-likeness (QED) is 0.800. The van der Waals surface area contributed by atoms with E-state index in [4.69, 9.17) is 9.15 Å². The van der Waals surface area contributed by atoms with E-state index in [2.05, 4.69) is 4.90 Å². The van der Waals surface area contributed by atoms with Crippen molar-refractivity contribution in [1.82, 2.24) is 14.7 Å². The largest absolute Gasteiger partial charge is 0.456 e. The van der Waals surface area contributed by atoms with Crippen molar-refractivity contribution in [3.8, 4) is 0 Å². The first kappa shape index (κ1) is 17.0. The molecule has 2 saturated heterocycles. The third-order valence-corrected chi connectivity index (χ3v) is 4.60. The van der Waals surface area contributed by atoms with E-state index < -0.39 is 0 Å². The van der Waals surface area contributed by atoms with Gasteiger partial charge in [-0.3, -0.25) is 14.5 Å². The third kappa shape index (κ3) is 3.96. The number of aryl methyl sites for hydroxylation is 1. The summed E-state index contributed by atoms with van der Waals surface area (Å²) >= 11 is 0. The van der Waals surface area contributed by atoms with E-state index >= 15 is 0 Å². The molecule has 3 heterocycles. The van der Waals surface area contributed by atoms with Crippen LogP contribution in [-0.2, 0) is 16.0 Å². The minimum absolute atomic E-state index is 0.0880. The molecule has 0 aliphatic carbocycles. The molecule has 132 valence electrons. The first-order valence-electron chi connectivity index (χ1n) is 8.63. The fourth-order valence-corrected chi connectivity index (χ4v) is 3.05. The minimum Gasteiger partial charge on any atom is -0.456 e. The van der Waals surface area contributed by atoms with Crippen LogP contribution in [0.15, 0.2) is 16.5 Å². The lowest BCUT2D eigenvalue weighted by Gasteiger charge is -2.36. The second-order valence-corrected chi connectivity index (χ2v) is 6.18. The van der Waals surface area contributed by atoms with Gasteiger partial charge in [0.15, 0.2) is 5.76 Å². The van der Waals surface area contributed by atoms with Gasteiger partial charge in [-0.05, 0) is 12.1 Å². The Hall–Kier alpha value is -1.86. The molecule has 0 spiro atoms. The maximum atomic E-state index is 12.4. The first-order valence-corrected chi connectivity index (χ1v) is 8.63. The Kier molecular flexibility index (Phi) is 5.52. The maximum absolute atomic E-state index is 12.4. The van der Waals surface area contributed by atoms with Gasteiger partial charge in [-0.2, -0.15) is 0 Å². The molecular weight excluding hydrogens is 310 g/mol. The summed E-state index contributed by atoms with van der Waals surface area (Å²) in [6.07, 6.45) is 0.775. The van der Waals surface area contributed by atoms with Crippen molar-refractivity contribution in [2.24, 2.45) is 0 Å². The van der Waals surface area contributed by atoms with E-state index in [-0.39, 0.29) is 11.8 Å². The van der Waals surface area contributed by atoms with Gasteiger partial charge in [-0.1, -0.05) is 6.92 Å². The van der Waals surface area contributed by atoms with E-state index in [0.29, 0.717) is 51.7 Å². The van der Waals surface area contributed by atoms with Crippen LogP contribution >= 0.6 is 0 Å². The normalized spacial score (nSPS) is 19.5. The van der Waals surface area contributed by atoms with E-state index in [9.17, 15) is 9.59 Å². The highest BCUT2D eigenvalue weighted by atomic mass is 16.5. The second kappa shape index (κ2) is 7.81. The fraction of sp³-hybridized carbons (Fsp3) is 0.647. The Labute approximate surface area is 142 Å². The van der Waals surface area contributed by atoms with Crippen LogP contribution in [0.3, 0.4) is 0 Å². The predicted molar refractivity (Wildman–Crippen MR) is 87.8 cm³/mol. The van der Waals surface area contributed by atoms with E-state index in [0.717, 1.165) is 25.3 Å². The Morgan fingerprint density at radius 3 is 2.29 bits per heavy atom. The van der Waals surface area contributed by atoms with Gasteiger partial charge in [0, 0.05) is 45.7 Å². The molecule has 0 bridgehead atoms. The number of nitrogens with zero attached hydrogens (tertiary/aromatic N) is 3. The van der Waals surface area contributed by atoms with Crippen LogP contribution in [0.4, 0.5) is 0 Å². The number of rotatable bonds is 4. The van der Waals surface area contributed by atoms with Crippen molar-refractivity contribution < 1.29 is 18.7 Å². The zero-order chi connectivity index (χ0) is 16.9. The molecule has 0 saturated carbocycles. The average molecular weight is 335 g/mol. The van der Waals surface area contributed by atoms with Crippen LogP contribution in [0.2, 0.25) is 0 Å². The summed E-state index contributed by atoms with van der Waals surface area (Å²) in [5.41, 5.74) is 0. The zero-order valence-electron chi connectivity index (χ0n) is 14.2. The molecule has 2 aliphatic rings. The summed E-state index contributed by atoms with van der Waals surface area (Å²) < 4.78 is 10.8. The molecule has 0 radical (unpaired) electrons. The van der Waals surface area contributed by atoms with Gasteiger partial charge < -0.3 is 19.0 Å². The molecule has 7 heteroatoms. The van der Waals surface area contributed by atoms with Crippen molar-refractivity contribution in [2.45, 2.75) is 13.3 Å². The molecule has 0 aromatic carbocycles. The number of hydrogen-bond acceptors (Lipinski definition) is 5. The number of furan rings is 1. The van der Waals surface area contributed by atoms with Crippen LogP contribution in [-0.4, -0.2) is 85.5 Å². The second-order valence-electron chi connectivity index (χ2n) is 6.18. The lowest BCUT2D eigenvalue weighted by atomic mass is 10.2. The molecule has 1 aromatic rings. The van der Waals surface area contributed by atoms with Crippen LogP contribution in [0.25, 0.3) is 0 Å². The van der Waals surface area contributed by atoms with Gasteiger partial charge in [-0.25, -0.2) is 0 Å². The van der Waals surface area contributed by atoms with Gasteiger partial charge in [0.25, 0.3) is 5.91 Å². The lowest BCUT2D eigenvalue weighted by molar-refractivity contribution is -0.134. The highest BCUT2D eigenvalue weighted by Gasteiger charge is 2.27. The van der Waals surface area contributed by atoms with Crippen molar-refractivity contribution in [2.75, 3.05) is 59.0 Å². The van der Waals surface area contributed by atoms with Gasteiger partial charge in [0.1, 0.15) is 5.76 Å². The number of amides is 2. The third-order valence-electron chi connectivity index (χ3n) is 4.60. The standard InChI is InChI=1S/C17H25N3O4/c1-2-14-3-4-15(24-14)17(22)20-7-5-19(6-8-20)16(21)13-18-9-11-23-12-10-18/h3-4H,2,5-13H2,1H3. The smallest absolute Gasteiger partial charge is 0.289 e. The zero-order valence-corrected chi connectivity index (χ0v) is 14.2. The van der Waals surface area contributed by atoms with Gasteiger partial charge >= 0.3 is 0 Å². The van der Waals surface area contributed by atoms with Gasteiger partial charge in [0.2, 0.25) is 5.91 Å². The molecule has 2 amide bonds. The molecule has 1 aromatic heterocycles. The average Bonchev–Trinajstić information content (AvgIpc) is 3.11. The summed E-state index contributed by atoms with van der Waals surface area (Å²) in [5, 5.41) is 0. The van der Waals surface area contributed by atoms with Crippen molar-refractivity contribution >= 4 is 11.8 Å². The maximum Gasteiger partial charge on any atom is 0.289 e. The van der Waals surface area contributed by atoms with E-state index in [1.54, 1.807) is 11.0 Å². The van der Waals surface area contributed by atoms with Gasteiger partial charge in [0.05, 0.1) is 19.8 Å². The van der Waals surface area contributed by atoms with Crippen LogP contribution in [0, 0.1) is 0 Å². The Bertz CT molecular complexity index is 572. The van der Waals surface area contributed by atoms with E-state index in [1.165, 1.54) is 0 Å². The van der Waals surface area contributed by atoms with Crippen molar-refractivity contribution in [3.05, 3.63) is 23.7 Å². The van der Waals surface area contributed by atoms with Crippen LogP contribution in [0.5, 0.6) is 0 Å². The molecule has 0 atom stereocenters. The monoisotopic (exact) mass is 335 g/mol. The number of morpholine rings is 1. The SMILES string of the molecule is CCc1ccc(C(=O)N2CCN(C(=O)CN3CCOCC3)CC2)o1. The number of carbonyl (C=O) groups is 2. The molecule has 2 fully saturated rings. The van der Waals surface area contributed by atoms with Crippen molar-refractivity contribution in [3.63, 3.8) is 0 Å². The number of carbonyl (C=O) groups excluding carboxylic acids is 2. The molecule has 0 unspecified atom stereocenters. The number of hydrogen-bond donors (Lipinski definition) is 0. The summed E-state index contributed by atoms with van der Waals surface area (Å²) in [7, 11) is 0. The number of ether oxygens (including phenoxy) is 1. The molecule has 7 nitrogen and oxygen atoms in total. The molecule has 3 rings (SSSR count). The summed E-state index contributed by atoms with van der Waals surface area (Å²) in [4.78, 5) is 30.5. The molecule has 0 N–H and O–H groups in total. The Morgan fingerprint density at radius 2 is 1.67 bits per heavy atom. The highest BCUT2D eigenvalue weighted by molar-refractivity contribution is 5.91. The molecule has 2 aliphatic heterocycles. The van der Waals surface area contributed by atoms with Crippen molar-refractivity contribution in [1.29, 1.82) is 0 Å². The van der Waals surface area contributed by atoms with Crippen LogP contribution in [0.1, 0.15) is 23.2 Å². The minimum atomic E-state index is -0.0880. The first-order chi connectivity index (χ1) is 11.7. The lowest BCUT2D eigenvalue weighted by Crippen LogP contribution is -2.53. The summed E-state index contributed by atoms with van der Waals surface area (Å²) in [6.45, 7) is 7.70. The predicted octanol–water partition coefficient (Wildman–Crippen LogP) is 0.459. The number of piperazine rings is 1. The van der Waals surface area contributed by atoms with Crippen LogP contribution < -0.4 is 0 Å². The van der Waals surface area contributed by atoms with E-state index in [1.807, 2.05) is 17.9 Å². The Balaban J connectivity index is 1.47. The highest BCUT2D eigenvalue weighted by Crippen LogP contribution is 2.13. The molecular formula is C17H25N3O4. The topological polar surface area (TPSA) is 66.2 Å². The Morgan fingerprint density at radius 1 is 1.00 bits per heavy atom. The van der Waals surface area contributed by atoms with Gasteiger partial charge in [-0.15, -0.1) is 0 Å². The fourth-order valence-electron chi connectivity index (χ4n) is 3.05. The molecule has 24 heavy (non-hydrogen) atoms. The summed E-state index contributed by atoms with van der Waals surface area (Å²) in [5.74, 6) is 1.25. The summed E-state index contributed by atoms with van der Waals surface area (Å²) in [6, 6.07) is 3.58.